The van der Waals surface area contributed by atoms with Gasteiger partial charge in [0.05, 0.1) is 16.3 Å². The summed E-state index contributed by atoms with van der Waals surface area (Å²) in [4.78, 5) is 27.1. The number of thiazole rings is 1. The molecular weight excluding hydrogens is 292 g/mol. The quantitative estimate of drug-likeness (QED) is 0.669. The maximum atomic E-state index is 12.2. The number of nitrogens with zero attached hydrogens (tertiary/aromatic N) is 2. The fourth-order valence-corrected chi connectivity index (χ4v) is 2.71. The Morgan fingerprint density at radius 3 is 2.52 bits per heavy atom. The number of hydrogen-bond acceptors (Lipinski definition) is 6. The average Bonchev–Trinajstić information content (AvgIpc) is 2.71. The summed E-state index contributed by atoms with van der Waals surface area (Å²) in [7, 11) is 0. The first-order valence-corrected chi connectivity index (χ1v) is 6.91. The molecule has 1 amide bonds. The van der Waals surface area contributed by atoms with Crippen LogP contribution >= 0.6 is 11.3 Å². The first-order valence-electron chi connectivity index (χ1n) is 6.09. The molecule has 0 bridgehead atoms. The van der Waals surface area contributed by atoms with Crippen LogP contribution in [0.2, 0.25) is 0 Å². The van der Waals surface area contributed by atoms with Crippen LogP contribution in [0, 0.1) is 30.9 Å². The summed E-state index contributed by atoms with van der Waals surface area (Å²) in [5.74, 6) is -0.372. The van der Waals surface area contributed by atoms with E-state index in [-0.39, 0.29) is 11.6 Å². The van der Waals surface area contributed by atoms with E-state index in [0.29, 0.717) is 27.0 Å². The van der Waals surface area contributed by atoms with Crippen LogP contribution in [0.1, 0.15) is 26.5 Å². The van der Waals surface area contributed by atoms with Gasteiger partial charge in [0.2, 0.25) is 0 Å². The second-order valence-electron chi connectivity index (χ2n) is 4.63. The van der Waals surface area contributed by atoms with Crippen molar-refractivity contribution >= 4 is 33.8 Å². The molecule has 0 spiro atoms. The highest BCUT2D eigenvalue weighted by molar-refractivity contribution is 7.17. The molecule has 0 fully saturated rings. The van der Waals surface area contributed by atoms with Crippen LogP contribution in [-0.2, 0) is 0 Å². The van der Waals surface area contributed by atoms with E-state index in [2.05, 4.69) is 10.3 Å². The van der Waals surface area contributed by atoms with Crippen LogP contribution in [0.25, 0.3) is 0 Å². The smallest absolute Gasteiger partial charge is 0.274 e. The summed E-state index contributed by atoms with van der Waals surface area (Å²) in [5.41, 5.74) is 7.77. The Morgan fingerprint density at radius 1 is 1.33 bits per heavy atom. The van der Waals surface area contributed by atoms with Gasteiger partial charge in [0.25, 0.3) is 11.6 Å². The molecule has 0 unspecified atom stereocenters. The molecule has 0 saturated carbocycles. The second kappa shape index (κ2) is 5.49. The minimum absolute atomic E-state index is 0.0311. The number of nitrogens with two attached hydrogens (primary N) is 1. The molecule has 7 nitrogen and oxygen atoms in total. The Bertz CT molecular complexity index is 739. The van der Waals surface area contributed by atoms with Gasteiger partial charge in [-0.15, -0.1) is 0 Å². The zero-order valence-electron chi connectivity index (χ0n) is 11.8. The molecule has 0 saturated heterocycles. The van der Waals surface area contributed by atoms with Crippen LogP contribution < -0.4 is 11.1 Å². The molecule has 0 radical (unpaired) electrons. The Labute approximate surface area is 125 Å². The highest BCUT2D eigenvalue weighted by Crippen LogP contribution is 2.28. The normalized spacial score (nSPS) is 10.4. The van der Waals surface area contributed by atoms with Gasteiger partial charge >= 0.3 is 0 Å². The summed E-state index contributed by atoms with van der Waals surface area (Å²) in [5, 5.41) is 14.0. The topological polar surface area (TPSA) is 111 Å². The number of nitrogens with one attached hydrogen (secondary N) is 1. The van der Waals surface area contributed by atoms with Crippen LogP contribution in [0.15, 0.2) is 12.1 Å². The second-order valence-corrected chi connectivity index (χ2v) is 5.66. The Kier molecular flexibility index (Phi) is 3.90. The first kappa shape index (κ1) is 14.9. The van der Waals surface area contributed by atoms with Crippen molar-refractivity contribution in [3.05, 3.63) is 43.9 Å². The minimum Gasteiger partial charge on any atom is -0.375 e. The van der Waals surface area contributed by atoms with E-state index in [0.717, 1.165) is 16.9 Å². The number of hydrogen-bond donors (Lipinski definition) is 2. The fourth-order valence-electron chi connectivity index (χ4n) is 1.98. The lowest BCUT2D eigenvalue weighted by molar-refractivity contribution is -0.385. The maximum Gasteiger partial charge on any atom is 0.274 e. The van der Waals surface area contributed by atoms with Gasteiger partial charge in [0.15, 0.2) is 5.13 Å². The first-order chi connectivity index (χ1) is 9.79. The third-order valence-corrected chi connectivity index (χ3v) is 3.99. The van der Waals surface area contributed by atoms with E-state index in [1.807, 2.05) is 0 Å². The van der Waals surface area contributed by atoms with Gasteiger partial charge in [-0.2, -0.15) is 0 Å². The van der Waals surface area contributed by atoms with Crippen molar-refractivity contribution < 1.29 is 9.72 Å². The predicted molar refractivity (Wildman–Crippen MR) is 81.8 cm³/mol. The number of rotatable bonds is 3. The number of aromatic nitrogens is 1. The van der Waals surface area contributed by atoms with Gasteiger partial charge in [-0.3, -0.25) is 14.9 Å². The maximum absolute atomic E-state index is 12.2. The predicted octanol–water partition coefficient (Wildman–Crippen LogP) is 2.81. The third-order valence-electron chi connectivity index (χ3n) is 3.01. The molecular formula is C13H14N4O3S. The van der Waals surface area contributed by atoms with Crippen molar-refractivity contribution in [1.29, 1.82) is 0 Å². The number of nitro benzene ring substituents is 1. The number of benzene rings is 1. The minimum atomic E-state index is -0.472. The lowest BCUT2D eigenvalue weighted by atomic mass is 10.1. The molecule has 1 heterocycles. The van der Waals surface area contributed by atoms with E-state index >= 15 is 0 Å². The van der Waals surface area contributed by atoms with E-state index in [1.165, 1.54) is 6.07 Å². The summed E-state index contributed by atoms with van der Waals surface area (Å²) in [6.45, 7) is 5.12. The number of anilines is 2. The van der Waals surface area contributed by atoms with Crippen molar-refractivity contribution in [3.63, 3.8) is 0 Å². The average molecular weight is 306 g/mol. The molecule has 110 valence electrons. The molecule has 3 N–H and O–H groups in total. The van der Waals surface area contributed by atoms with Gasteiger partial charge in [-0.05, 0) is 32.4 Å². The molecule has 0 atom stereocenters. The fraction of sp³-hybridized carbons (Fsp3) is 0.231. The summed E-state index contributed by atoms with van der Waals surface area (Å²) in [6.07, 6.45) is 0. The van der Waals surface area contributed by atoms with Crippen molar-refractivity contribution in [2.24, 2.45) is 0 Å². The number of nitro groups is 1. The highest BCUT2D eigenvalue weighted by Gasteiger charge is 2.18. The number of aryl methyl sites for hydroxylation is 3. The van der Waals surface area contributed by atoms with Gasteiger partial charge in [-0.25, -0.2) is 4.98 Å². The van der Waals surface area contributed by atoms with E-state index in [4.69, 9.17) is 5.73 Å². The van der Waals surface area contributed by atoms with Crippen molar-refractivity contribution in [3.8, 4) is 0 Å². The zero-order valence-corrected chi connectivity index (χ0v) is 12.6. The standard InChI is InChI=1S/C13H14N4O3S/c1-6-4-7(2)10(17(19)20)5-9(6)16-12(18)11-8(3)15-13(14)21-11/h4-5H,1-3H3,(H2,14,15)(H,16,18). The highest BCUT2D eigenvalue weighted by atomic mass is 32.1. The Hall–Kier alpha value is -2.48. The zero-order chi connectivity index (χ0) is 15.7. The molecule has 0 aliphatic heterocycles. The lowest BCUT2D eigenvalue weighted by Crippen LogP contribution is -2.13. The number of amides is 1. The van der Waals surface area contributed by atoms with E-state index in [9.17, 15) is 14.9 Å². The SMILES string of the molecule is Cc1cc(C)c([N+](=O)[O-])cc1NC(=O)c1sc(N)nc1C. The van der Waals surface area contributed by atoms with Gasteiger partial charge in [-0.1, -0.05) is 11.3 Å². The van der Waals surface area contributed by atoms with Gasteiger partial charge in [0.1, 0.15) is 4.88 Å². The monoisotopic (exact) mass is 306 g/mol. The summed E-state index contributed by atoms with van der Waals surface area (Å²) < 4.78 is 0. The number of carbonyl (C=O) groups is 1. The third kappa shape index (κ3) is 3.00. The molecule has 1 aromatic heterocycles. The summed E-state index contributed by atoms with van der Waals surface area (Å²) >= 11 is 1.08. The molecule has 2 aromatic rings. The lowest BCUT2D eigenvalue weighted by Gasteiger charge is -2.09. The van der Waals surface area contributed by atoms with Crippen LogP contribution in [0.4, 0.5) is 16.5 Å². The van der Waals surface area contributed by atoms with Gasteiger partial charge in [0, 0.05) is 11.6 Å². The molecule has 0 aliphatic carbocycles. The molecule has 8 heteroatoms. The largest absolute Gasteiger partial charge is 0.375 e. The van der Waals surface area contributed by atoms with Gasteiger partial charge < -0.3 is 11.1 Å². The van der Waals surface area contributed by atoms with E-state index in [1.54, 1.807) is 26.8 Å². The van der Waals surface area contributed by atoms with Crippen molar-refractivity contribution in [1.82, 2.24) is 4.98 Å². The number of carbonyl (C=O) groups excluding carboxylic acids is 1. The summed E-state index contributed by atoms with van der Waals surface area (Å²) in [6, 6.07) is 3.03. The van der Waals surface area contributed by atoms with Crippen LogP contribution in [0.3, 0.4) is 0 Å². The number of nitrogen functional groups attached to an aromatic ring is 1. The molecule has 1 aromatic carbocycles. The van der Waals surface area contributed by atoms with Crippen LogP contribution in [0.5, 0.6) is 0 Å². The molecule has 0 aliphatic rings. The Balaban J connectivity index is 2.35. The van der Waals surface area contributed by atoms with E-state index < -0.39 is 4.92 Å². The molecule has 2 rings (SSSR count). The van der Waals surface area contributed by atoms with Crippen molar-refractivity contribution in [2.45, 2.75) is 20.8 Å². The van der Waals surface area contributed by atoms with Crippen LogP contribution in [-0.4, -0.2) is 15.8 Å². The molecule has 21 heavy (non-hydrogen) atoms. The van der Waals surface area contributed by atoms with Crippen molar-refractivity contribution in [2.75, 3.05) is 11.1 Å². The Morgan fingerprint density at radius 2 is 2.00 bits per heavy atom.